The molecule has 0 unspecified atom stereocenters. The van der Waals surface area contributed by atoms with Crippen LogP contribution in [-0.4, -0.2) is 56.6 Å². The van der Waals surface area contributed by atoms with Gasteiger partial charge in [-0.15, -0.1) is 6.58 Å². The Kier molecular flexibility index (Phi) is 9.40. The smallest absolute Gasteiger partial charge is 0.326 e. The molecule has 2 aromatic rings. The number of aryl methyl sites for hydroxylation is 2. The second-order valence-electron chi connectivity index (χ2n) is 12.5. The Labute approximate surface area is 243 Å². The Bertz CT molecular complexity index is 1300. The normalized spacial score (nSPS) is 20.9. The second kappa shape index (κ2) is 12.6. The molecule has 1 amide bonds. The van der Waals surface area contributed by atoms with Crippen molar-refractivity contribution in [2.24, 2.45) is 5.92 Å². The highest BCUT2D eigenvalue weighted by atomic mass is 16.6. The van der Waals surface area contributed by atoms with Gasteiger partial charge in [0.25, 0.3) is 0 Å². The summed E-state index contributed by atoms with van der Waals surface area (Å²) in [5, 5.41) is 11.3. The van der Waals surface area contributed by atoms with Crippen LogP contribution in [0.15, 0.2) is 36.9 Å². The SMILES string of the molecule is C=CCCCCC[C@H](CC(=O)OC(C)(C)C)C(=O)N1C[C@@]2(CCc3c(c(CC)nc4ccccc34)O2)C[C@H]1C(=O)O. The minimum absolute atomic E-state index is 0.0764. The Hall–Kier alpha value is -3.42. The molecule has 3 heterocycles. The number of fused-ring (bicyclic) bond motifs is 3. The van der Waals surface area contributed by atoms with E-state index < -0.39 is 35.1 Å². The van der Waals surface area contributed by atoms with E-state index >= 15 is 0 Å². The molecule has 222 valence electrons. The summed E-state index contributed by atoms with van der Waals surface area (Å²) in [6, 6.07) is 6.97. The molecular formula is C33H44N2O6. The van der Waals surface area contributed by atoms with Crippen molar-refractivity contribution in [1.82, 2.24) is 9.88 Å². The molecule has 1 spiro atoms. The van der Waals surface area contributed by atoms with Crippen LogP contribution in [0.1, 0.15) is 90.3 Å². The first-order valence-electron chi connectivity index (χ1n) is 14.9. The van der Waals surface area contributed by atoms with Gasteiger partial charge < -0.3 is 19.5 Å². The molecule has 1 fully saturated rings. The molecule has 3 atom stereocenters. The molecule has 4 rings (SSSR count). The summed E-state index contributed by atoms with van der Waals surface area (Å²) in [6.45, 7) is 11.3. The van der Waals surface area contributed by atoms with Crippen LogP contribution in [0.2, 0.25) is 0 Å². The van der Waals surface area contributed by atoms with Gasteiger partial charge in [-0.2, -0.15) is 0 Å². The van der Waals surface area contributed by atoms with Crippen LogP contribution in [0, 0.1) is 5.92 Å². The van der Waals surface area contributed by atoms with Crippen molar-refractivity contribution < 1.29 is 29.0 Å². The van der Waals surface area contributed by atoms with Crippen molar-refractivity contribution in [3.05, 3.63) is 48.2 Å². The average molecular weight is 565 g/mol. The predicted octanol–water partition coefficient (Wildman–Crippen LogP) is 6.03. The number of benzene rings is 1. The Morgan fingerprint density at radius 1 is 1.24 bits per heavy atom. The number of ether oxygens (including phenoxy) is 2. The first kappa shape index (κ1) is 30.5. The molecule has 0 radical (unpaired) electrons. The van der Waals surface area contributed by atoms with Gasteiger partial charge in [0.2, 0.25) is 5.91 Å². The summed E-state index contributed by atoms with van der Waals surface area (Å²) in [5.74, 6) is -1.75. The fraction of sp³-hybridized carbons (Fsp3) is 0.576. The minimum atomic E-state index is -1.06. The van der Waals surface area contributed by atoms with Gasteiger partial charge in [0.15, 0.2) is 0 Å². The average Bonchev–Trinajstić information content (AvgIpc) is 3.29. The number of aromatic nitrogens is 1. The molecule has 0 saturated carbocycles. The van der Waals surface area contributed by atoms with Gasteiger partial charge in [-0.05, 0) is 65.4 Å². The molecule has 0 aliphatic carbocycles. The number of hydrogen-bond donors (Lipinski definition) is 1. The van der Waals surface area contributed by atoms with Crippen LogP contribution in [0.5, 0.6) is 5.75 Å². The lowest BCUT2D eigenvalue weighted by atomic mass is 9.87. The lowest BCUT2D eigenvalue weighted by molar-refractivity contribution is -0.159. The molecule has 1 N–H and O–H groups in total. The van der Waals surface area contributed by atoms with Gasteiger partial charge in [0.1, 0.15) is 23.0 Å². The van der Waals surface area contributed by atoms with E-state index in [-0.39, 0.29) is 25.3 Å². The summed E-state index contributed by atoms with van der Waals surface area (Å²) >= 11 is 0. The standard InChI is InChI=1S/C33H44N2O6/c1-6-8-9-10-11-14-22(19-28(36)40-32(3,4)5)30(37)35-21-33(20-27(35)31(38)39)18-17-24-23-15-12-13-16-26(23)34-25(7-2)29(24)41-33/h6,12-13,15-16,22,27H,1,7-11,14,17-21H2,2-5H3,(H,38,39)/t22-,27+,33-/m1/s1. The van der Waals surface area contributed by atoms with E-state index in [0.29, 0.717) is 25.7 Å². The molecule has 8 heteroatoms. The molecule has 41 heavy (non-hydrogen) atoms. The van der Waals surface area contributed by atoms with E-state index in [1.54, 1.807) is 20.8 Å². The number of allylic oxidation sites excluding steroid dienone is 1. The molecule has 8 nitrogen and oxygen atoms in total. The highest BCUT2D eigenvalue weighted by molar-refractivity contribution is 5.89. The van der Waals surface area contributed by atoms with Crippen molar-refractivity contribution >= 4 is 28.7 Å². The Balaban J connectivity index is 1.59. The topological polar surface area (TPSA) is 106 Å². The van der Waals surface area contributed by atoms with Gasteiger partial charge >= 0.3 is 11.9 Å². The summed E-state index contributed by atoms with van der Waals surface area (Å²) < 4.78 is 12.2. The third-order valence-corrected chi connectivity index (χ3v) is 8.12. The lowest BCUT2D eigenvalue weighted by Gasteiger charge is -2.37. The van der Waals surface area contributed by atoms with E-state index in [1.165, 1.54) is 4.90 Å². The van der Waals surface area contributed by atoms with E-state index in [9.17, 15) is 19.5 Å². The first-order valence-corrected chi connectivity index (χ1v) is 14.9. The number of carbonyl (C=O) groups is 3. The van der Waals surface area contributed by atoms with Crippen molar-refractivity contribution in [3.63, 3.8) is 0 Å². The number of aliphatic carboxylic acids is 1. The maximum atomic E-state index is 14.0. The number of pyridine rings is 1. The monoisotopic (exact) mass is 564 g/mol. The number of esters is 1. The predicted molar refractivity (Wildman–Crippen MR) is 158 cm³/mol. The molecule has 0 bridgehead atoms. The zero-order chi connectivity index (χ0) is 29.8. The molecular weight excluding hydrogens is 520 g/mol. The summed E-state index contributed by atoms with van der Waals surface area (Å²) in [4.78, 5) is 45.6. The Morgan fingerprint density at radius 2 is 2.00 bits per heavy atom. The third kappa shape index (κ3) is 7.08. The van der Waals surface area contributed by atoms with E-state index in [1.807, 2.05) is 37.3 Å². The van der Waals surface area contributed by atoms with Crippen LogP contribution in [-0.2, 0) is 32.0 Å². The molecule has 1 saturated heterocycles. The largest absolute Gasteiger partial charge is 0.483 e. The van der Waals surface area contributed by atoms with Crippen LogP contribution in [0.25, 0.3) is 10.9 Å². The number of amides is 1. The van der Waals surface area contributed by atoms with Gasteiger partial charge in [0.05, 0.1) is 24.2 Å². The van der Waals surface area contributed by atoms with E-state index in [2.05, 4.69) is 6.58 Å². The maximum absolute atomic E-state index is 14.0. The maximum Gasteiger partial charge on any atom is 0.326 e. The number of nitrogens with zero attached hydrogens (tertiary/aromatic N) is 2. The van der Waals surface area contributed by atoms with Crippen LogP contribution < -0.4 is 4.74 Å². The number of carboxylic acid groups (broad SMARTS) is 1. The minimum Gasteiger partial charge on any atom is -0.483 e. The van der Waals surface area contributed by atoms with Crippen molar-refractivity contribution in [2.75, 3.05) is 6.54 Å². The van der Waals surface area contributed by atoms with E-state index in [4.69, 9.17) is 14.5 Å². The summed E-state index contributed by atoms with van der Waals surface area (Å²) in [6.07, 6.45) is 7.98. The first-order chi connectivity index (χ1) is 19.5. The van der Waals surface area contributed by atoms with Crippen LogP contribution >= 0.6 is 0 Å². The summed E-state index contributed by atoms with van der Waals surface area (Å²) in [5.41, 5.74) is 1.37. The third-order valence-electron chi connectivity index (χ3n) is 8.12. The van der Waals surface area contributed by atoms with E-state index in [0.717, 1.165) is 53.6 Å². The van der Waals surface area contributed by atoms with Crippen molar-refractivity contribution in [1.29, 1.82) is 0 Å². The van der Waals surface area contributed by atoms with Crippen LogP contribution in [0.4, 0.5) is 0 Å². The number of para-hydroxylation sites is 1. The highest BCUT2D eigenvalue weighted by Gasteiger charge is 2.53. The number of unbranched alkanes of at least 4 members (excludes halogenated alkanes) is 3. The molecule has 1 aromatic heterocycles. The molecule has 2 aliphatic rings. The number of carbonyl (C=O) groups excluding carboxylic acids is 2. The lowest BCUT2D eigenvalue weighted by Crippen LogP contribution is -2.46. The number of hydrogen-bond acceptors (Lipinski definition) is 6. The quantitative estimate of drug-likeness (QED) is 0.202. The van der Waals surface area contributed by atoms with Crippen molar-refractivity contribution in [3.8, 4) is 5.75 Å². The Morgan fingerprint density at radius 3 is 2.68 bits per heavy atom. The zero-order valence-electron chi connectivity index (χ0n) is 24.9. The highest BCUT2D eigenvalue weighted by Crippen LogP contribution is 2.45. The van der Waals surface area contributed by atoms with Crippen LogP contribution in [0.3, 0.4) is 0 Å². The van der Waals surface area contributed by atoms with Gasteiger partial charge in [-0.1, -0.05) is 44.0 Å². The summed E-state index contributed by atoms with van der Waals surface area (Å²) in [7, 11) is 0. The fourth-order valence-corrected chi connectivity index (χ4v) is 6.19. The molecule has 1 aromatic carbocycles. The fourth-order valence-electron chi connectivity index (χ4n) is 6.19. The molecule has 2 aliphatic heterocycles. The second-order valence-corrected chi connectivity index (χ2v) is 12.5. The number of carboxylic acids is 1. The van der Waals surface area contributed by atoms with Gasteiger partial charge in [-0.3, -0.25) is 9.59 Å². The van der Waals surface area contributed by atoms with Gasteiger partial charge in [-0.25, -0.2) is 9.78 Å². The van der Waals surface area contributed by atoms with Gasteiger partial charge in [0, 0.05) is 23.3 Å². The number of likely N-dealkylation sites (tertiary alicyclic amines) is 1. The van der Waals surface area contributed by atoms with Crippen molar-refractivity contribution in [2.45, 2.75) is 109 Å². The zero-order valence-corrected chi connectivity index (χ0v) is 24.9. The number of rotatable bonds is 11.